The van der Waals surface area contributed by atoms with Crippen LogP contribution in [0.1, 0.15) is 20.8 Å². The smallest absolute Gasteiger partial charge is 0.338 e. The average molecular weight is 245 g/mol. The van der Waals surface area contributed by atoms with E-state index in [9.17, 15) is 0 Å². The zero-order chi connectivity index (χ0) is 12.0. The Bertz CT molecular complexity index is 300. The van der Waals surface area contributed by atoms with Gasteiger partial charge in [0.2, 0.25) is 6.33 Å². The van der Waals surface area contributed by atoms with Gasteiger partial charge in [0.1, 0.15) is 12.4 Å². The lowest BCUT2D eigenvalue weighted by atomic mass is 10.9. The first kappa shape index (κ1) is 13.4. The van der Waals surface area contributed by atoms with Gasteiger partial charge in [-0.15, -0.1) is 0 Å². The second-order valence-corrected chi connectivity index (χ2v) is 5.74. The molecule has 5 nitrogen and oxygen atoms in total. The largest absolute Gasteiger partial charge is 0.757 e. The van der Waals surface area contributed by atoms with Crippen LogP contribution in [-0.2, 0) is 20.3 Å². The van der Waals surface area contributed by atoms with Crippen LogP contribution in [0.3, 0.4) is 0 Å². The summed E-state index contributed by atoms with van der Waals surface area (Å²) in [7, 11) is -0.797. The van der Waals surface area contributed by atoms with Crippen LogP contribution in [0.4, 0.5) is 0 Å². The SMILES string of the molecule is CCO[Si](OCC)(OCC)[n+]1ccn(C)c1. The Morgan fingerprint density at radius 2 is 1.56 bits per heavy atom. The van der Waals surface area contributed by atoms with Crippen molar-refractivity contribution in [2.45, 2.75) is 20.8 Å². The molecule has 0 radical (unpaired) electrons. The molecule has 1 aromatic rings. The Hall–Kier alpha value is -0.693. The summed E-state index contributed by atoms with van der Waals surface area (Å²) >= 11 is 0. The van der Waals surface area contributed by atoms with E-state index in [1.165, 1.54) is 0 Å². The Morgan fingerprint density at radius 1 is 1.06 bits per heavy atom. The molecular weight excluding hydrogens is 224 g/mol. The molecule has 0 aromatic carbocycles. The lowest BCUT2D eigenvalue weighted by Crippen LogP contribution is -2.70. The lowest BCUT2D eigenvalue weighted by Gasteiger charge is -2.22. The van der Waals surface area contributed by atoms with Crippen LogP contribution < -0.4 is 4.23 Å². The van der Waals surface area contributed by atoms with E-state index < -0.39 is 8.97 Å². The van der Waals surface area contributed by atoms with Crippen LogP contribution in [0.2, 0.25) is 0 Å². The quantitative estimate of drug-likeness (QED) is 0.664. The minimum Gasteiger partial charge on any atom is -0.338 e. The van der Waals surface area contributed by atoms with Gasteiger partial charge in [0, 0.05) is 19.8 Å². The third kappa shape index (κ3) is 2.91. The van der Waals surface area contributed by atoms with Crippen molar-refractivity contribution in [2.24, 2.45) is 7.05 Å². The van der Waals surface area contributed by atoms with Crippen molar-refractivity contribution in [3.63, 3.8) is 0 Å². The van der Waals surface area contributed by atoms with Gasteiger partial charge in [-0.05, 0) is 20.8 Å². The van der Waals surface area contributed by atoms with Crippen molar-refractivity contribution in [1.29, 1.82) is 0 Å². The molecule has 0 aliphatic rings. The minimum atomic E-state index is -2.75. The van der Waals surface area contributed by atoms with E-state index in [0.29, 0.717) is 19.8 Å². The van der Waals surface area contributed by atoms with Crippen molar-refractivity contribution in [2.75, 3.05) is 19.8 Å². The number of hydrogen-bond donors (Lipinski definition) is 0. The zero-order valence-corrected chi connectivity index (χ0v) is 11.5. The first-order valence-electron chi connectivity index (χ1n) is 5.64. The predicted molar refractivity (Wildman–Crippen MR) is 61.6 cm³/mol. The normalized spacial score (nSPS) is 12.0. The van der Waals surface area contributed by atoms with Crippen LogP contribution >= 0.6 is 0 Å². The van der Waals surface area contributed by atoms with Crippen LogP contribution in [0.25, 0.3) is 0 Å². The van der Waals surface area contributed by atoms with E-state index in [2.05, 4.69) is 0 Å². The van der Waals surface area contributed by atoms with E-state index in [-0.39, 0.29) is 0 Å². The third-order valence-electron chi connectivity index (χ3n) is 2.07. The molecule has 16 heavy (non-hydrogen) atoms. The molecule has 0 saturated heterocycles. The topological polar surface area (TPSA) is 36.5 Å². The van der Waals surface area contributed by atoms with E-state index in [0.717, 1.165) is 0 Å². The molecule has 0 fully saturated rings. The Balaban J connectivity index is 2.98. The molecule has 0 aliphatic heterocycles. The summed E-state index contributed by atoms with van der Waals surface area (Å²) < 4.78 is 21.1. The number of rotatable bonds is 7. The van der Waals surface area contributed by atoms with Crippen molar-refractivity contribution in [1.82, 2.24) is 4.57 Å². The van der Waals surface area contributed by atoms with Gasteiger partial charge in [-0.25, -0.2) is 8.80 Å². The lowest BCUT2D eigenvalue weighted by molar-refractivity contribution is -0.595. The van der Waals surface area contributed by atoms with E-state index in [1.54, 1.807) is 0 Å². The highest BCUT2D eigenvalue weighted by Gasteiger charge is 2.52. The average Bonchev–Trinajstić information content (AvgIpc) is 2.66. The van der Waals surface area contributed by atoms with Gasteiger partial charge in [0.25, 0.3) is 0 Å². The third-order valence-corrected chi connectivity index (χ3v) is 4.92. The molecular formula is C10H21N2O3Si+. The maximum absolute atomic E-state index is 5.75. The maximum atomic E-state index is 5.75. The number of imidazole rings is 1. The number of aryl methyl sites for hydroxylation is 1. The molecule has 0 unspecified atom stereocenters. The minimum absolute atomic E-state index is 0.577. The van der Waals surface area contributed by atoms with Crippen LogP contribution in [0.15, 0.2) is 18.7 Å². The summed E-state index contributed by atoms with van der Waals surface area (Å²) in [6, 6.07) is 0. The van der Waals surface area contributed by atoms with E-state index >= 15 is 0 Å². The Morgan fingerprint density at radius 3 is 1.88 bits per heavy atom. The summed E-state index contributed by atoms with van der Waals surface area (Å²) in [4.78, 5) is 0. The fraction of sp³-hybridized carbons (Fsp3) is 0.700. The highest BCUT2D eigenvalue weighted by atomic mass is 28.4. The molecule has 1 heterocycles. The molecule has 0 N–H and O–H groups in total. The molecule has 1 aromatic heterocycles. The molecule has 0 spiro atoms. The van der Waals surface area contributed by atoms with E-state index in [4.69, 9.17) is 13.3 Å². The van der Waals surface area contributed by atoms with Crippen LogP contribution in [0, 0.1) is 0 Å². The summed E-state index contributed by atoms with van der Waals surface area (Å²) in [5.74, 6) is 0. The molecule has 0 saturated carbocycles. The van der Waals surface area contributed by atoms with Gasteiger partial charge in [-0.2, -0.15) is 0 Å². The highest BCUT2D eigenvalue weighted by molar-refractivity contribution is 6.51. The van der Waals surface area contributed by atoms with Crippen LogP contribution in [-0.4, -0.2) is 33.4 Å². The molecule has 6 heteroatoms. The van der Waals surface area contributed by atoms with Gasteiger partial charge in [0.15, 0.2) is 0 Å². The standard InChI is InChI=1S/C10H21N2O3Si/c1-5-13-16(14-6-2,15-7-3)12-9-8-11(4)10-12/h8-10H,5-7H2,1-4H3/q+1. The van der Waals surface area contributed by atoms with Gasteiger partial charge in [-0.1, -0.05) is 0 Å². The van der Waals surface area contributed by atoms with Gasteiger partial charge in [0.05, 0.1) is 7.05 Å². The van der Waals surface area contributed by atoms with Crippen molar-refractivity contribution >= 4 is 8.97 Å². The first-order valence-corrected chi connectivity index (χ1v) is 7.31. The summed E-state index contributed by atoms with van der Waals surface area (Å²) in [6.07, 6.45) is 5.79. The molecule has 0 amide bonds. The number of hydrogen-bond acceptors (Lipinski definition) is 3. The van der Waals surface area contributed by atoms with Crippen molar-refractivity contribution in [3.8, 4) is 0 Å². The number of aromatic nitrogens is 2. The van der Waals surface area contributed by atoms with Gasteiger partial charge >= 0.3 is 8.97 Å². The van der Waals surface area contributed by atoms with Crippen LogP contribution in [0.5, 0.6) is 0 Å². The van der Waals surface area contributed by atoms with Crippen molar-refractivity contribution < 1.29 is 17.5 Å². The molecule has 0 bridgehead atoms. The fourth-order valence-electron chi connectivity index (χ4n) is 1.51. The second-order valence-electron chi connectivity index (χ2n) is 3.31. The molecule has 0 atom stereocenters. The Kier molecular flexibility index (Phi) is 5.13. The zero-order valence-electron chi connectivity index (χ0n) is 10.5. The summed E-state index contributed by atoms with van der Waals surface area (Å²) in [5.41, 5.74) is 0. The fourth-order valence-corrected chi connectivity index (χ4v) is 3.87. The van der Waals surface area contributed by atoms with Crippen molar-refractivity contribution in [3.05, 3.63) is 18.7 Å². The second kappa shape index (κ2) is 6.14. The van der Waals surface area contributed by atoms with Gasteiger partial charge in [-0.3, -0.25) is 0 Å². The maximum Gasteiger partial charge on any atom is 0.757 e. The summed E-state index contributed by atoms with van der Waals surface area (Å²) in [6.45, 7) is 7.58. The highest BCUT2D eigenvalue weighted by Crippen LogP contribution is 2.05. The van der Waals surface area contributed by atoms with E-state index in [1.807, 2.05) is 55.3 Å². The monoisotopic (exact) mass is 245 g/mol. The molecule has 92 valence electrons. The molecule has 1 rings (SSSR count). The number of nitrogens with zero attached hydrogens (tertiary/aromatic N) is 2. The predicted octanol–water partition coefficient (Wildman–Crippen LogP) is 0.706. The Labute approximate surface area is 98.0 Å². The van der Waals surface area contributed by atoms with Gasteiger partial charge < -0.3 is 13.3 Å². The molecule has 0 aliphatic carbocycles. The first-order chi connectivity index (χ1) is 7.68. The summed E-state index contributed by atoms with van der Waals surface area (Å²) in [5, 5.41) is 0.